The average Bonchev–Trinajstić information content (AvgIpc) is 2.63. The van der Waals surface area contributed by atoms with Crippen LogP contribution in [0.3, 0.4) is 0 Å². The van der Waals surface area contributed by atoms with E-state index in [1.807, 2.05) is 0 Å². The summed E-state index contributed by atoms with van der Waals surface area (Å²) >= 11 is 0. The molecule has 3 rings (SSSR count). The number of carboxylic acids is 2. The summed E-state index contributed by atoms with van der Waals surface area (Å²) in [7, 11) is 0. The SMILES string of the molecule is O=C(O)C[C@@H](O[C@@H]1Cc2c(O)cc(O)cc2O[C@@H]1c1ccc(O)c(O)c1)C(=O)O. The zero-order valence-corrected chi connectivity index (χ0v) is 14.8. The number of ether oxygens (including phenoxy) is 2. The second-order valence-electron chi connectivity index (χ2n) is 6.53. The van der Waals surface area contributed by atoms with Crippen molar-refractivity contribution in [3.05, 3.63) is 41.5 Å². The molecule has 2 aromatic rings. The van der Waals surface area contributed by atoms with Crippen LogP contribution in [0.25, 0.3) is 0 Å². The monoisotopic (exact) mass is 406 g/mol. The Morgan fingerprint density at radius 3 is 2.38 bits per heavy atom. The van der Waals surface area contributed by atoms with Crippen LogP contribution in [0.1, 0.15) is 23.7 Å². The molecule has 1 aliphatic heterocycles. The summed E-state index contributed by atoms with van der Waals surface area (Å²) in [6.45, 7) is 0. The molecule has 0 unspecified atom stereocenters. The first-order valence-electron chi connectivity index (χ1n) is 8.49. The Bertz CT molecular complexity index is 954. The number of phenols is 4. The predicted molar refractivity (Wildman–Crippen MR) is 95.2 cm³/mol. The van der Waals surface area contributed by atoms with E-state index in [0.717, 1.165) is 6.07 Å². The normalized spacial score (nSPS) is 19.0. The summed E-state index contributed by atoms with van der Waals surface area (Å²) < 4.78 is 11.3. The number of aliphatic carboxylic acids is 2. The van der Waals surface area contributed by atoms with E-state index in [9.17, 15) is 35.1 Å². The number of carbonyl (C=O) groups is 2. The van der Waals surface area contributed by atoms with E-state index in [1.165, 1.54) is 24.3 Å². The number of benzene rings is 2. The van der Waals surface area contributed by atoms with Crippen LogP contribution in [0.2, 0.25) is 0 Å². The van der Waals surface area contributed by atoms with Crippen molar-refractivity contribution >= 4 is 11.9 Å². The van der Waals surface area contributed by atoms with Gasteiger partial charge in [-0.25, -0.2) is 4.79 Å². The molecule has 0 radical (unpaired) electrons. The van der Waals surface area contributed by atoms with Crippen LogP contribution in [-0.4, -0.2) is 54.8 Å². The van der Waals surface area contributed by atoms with Crippen LogP contribution in [0, 0.1) is 0 Å². The topological polar surface area (TPSA) is 174 Å². The lowest BCUT2D eigenvalue weighted by Gasteiger charge is -2.35. The molecule has 10 heteroatoms. The molecule has 2 aromatic carbocycles. The number of rotatable bonds is 6. The van der Waals surface area contributed by atoms with Crippen molar-refractivity contribution in [3.63, 3.8) is 0 Å². The van der Waals surface area contributed by atoms with Gasteiger partial charge in [-0.2, -0.15) is 0 Å². The highest BCUT2D eigenvalue weighted by molar-refractivity contribution is 5.79. The van der Waals surface area contributed by atoms with Crippen LogP contribution in [0.5, 0.6) is 28.7 Å². The first kappa shape index (κ1) is 20.1. The number of fused-ring (bicyclic) bond motifs is 1. The number of carboxylic acid groups (broad SMARTS) is 2. The molecule has 0 saturated carbocycles. The molecule has 0 aliphatic carbocycles. The molecule has 3 atom stereocenters. The molecule has 1 aliphatic rings. The standard InChI is InChI=1S/C19H18O10/c20-9-4-12(22)10-6-15(28-16(19(26)27)7-17(24)25)18(29-14(10)5-9)8-1-2-11(21)13(23)3-8/h1-5,15-16,18,20-23H,6-7H2,(H,24,25)(H,26,27)/t15-,16-,18-/m1/s1. The minimum absolute atomic E-state index is 0.0584. The maximum Gasteiger partial charge on any atom is 0.333 e. The summed E-state index contributed by atoms with van der Waals surface area (Å²) in [6.07, 6.45) is -4.62. The first-order chi connectivity index (χ1) is 13.7. The van der Waals surface area contributed by atoms with Crippen molar-refractivity contribution < 1.29 is 49.7 Å². The smallest absolute Gasteiger partial charge is 0.333 e. The van der Waals surface area contributed by atoms with E-state index < -0.39 is 42.4 Å². The Labute approximate surface area is 163 Å². The van der Waals surface area contributed by atoms with Gasteiger partial charge in [0.2, 0.25) is 0 Å². The Kier molecular flexibility index (Phi) is 5.37. The predicted octanol–water partition coefficient (Wildman–Crippen LogP) is 1.50. The van der Waals surface area contributed by atoms with Crippen molar-refractivity contribution in [3.8, 4) is 28.7 Å². The first-order valence-corrected chi connectivity index (χ1v) is 8.49. The molecule has 1 heterocycles. The van der Waals surface area contributed by atoms with E-state index >= 15 is 0 Å². The number of aromatic hydroxyl groups is 4. The van der Waals surface area contributed by atoms with E-state index in [-0.39, 0.29) is 35.0 Å². The van der Waals surface area contributed by atoms with Gasteiger partial charge in [-0.15, -0.1) is 0 Å². The van der Waals surface area contributed by atoms with Crippen molar-refractivity contribution in [2.45, 2.75) is 31.2 Å². The lowest BCUT2D eigenvalue weighted by molar-refractivity contribution is -0.165. The Morgan fingerprint density at radius 1 is 1.03 bits per heavy atom. The maximum atomic E-state index is 11.4. The van der Waals surface area contributed by atoms with Crippen LogP contribution >= 0.6 is 0 Å². The van der Waals surface area contributed by atoms with E-state index in [1.54, 1.807) is 0 Å². The zero-order chi connectivity index (χ0) is 21.3. The van der Waals surface area contributed by atoms with Gasteiger partial charge in [-0.3, -0.25) is 4.79 Å². The van der Waals surface area contributed by atoms with Gasteiger partial charge in [0.25, 0.3) is 0 Å². The van der Waals surface area contributed by atoms with Crippen molar-refractivity contribution in [2.75, 3.05) is 0 Å². The number of hydrogen-bond acceptors (Lipinski definition) is 8. The highest BCUT2D eigenvalue weighted by Crippen LogP contribution is 2.44. The largest absolute Gasteiger partial charge is 0.508 e. The van der Waals surface area contributed by atoms with Gasteiger partial charge in [0.15, 0.2) is 23.7 Å². The third-order valence-electron chi connectivity index (χ3n) is 4.47. The van der Waals surface area contributed by atoms with Crippen LogP contribution < -0.4 is 4.74 Å². The third-order valence-corrected chi connectivity index (χ3v) is 4.47. The summed E-state index contributed by atoms with van der Waals surface area (Å²) in [5, 5.41) is 57.4. The van der Waals surface area contributed by atoms with E-state index in [4.69, 9.17) is 14.6 Å². The summed E-state index contributed by atoms with van der Waals surface area (Å²) in [4.78, 5) is 22.4. The molecule has 10 nitrogen and oxygen atoms in total. The zero-order valence-electron chi connectivity index (χ0n) is 14.8. The van der Waals surface area contributed by atoms with Gasteiger partial charge >= 0.3 is 11.9 Å². The second-order valence-corrected chi connectivity index (χ2v) is 6.53. The lowest BCUT2D eigenvalue weighted by atomic mass is 9.93. The molecule has 0 bridgehead atoms. The van der Waals surface area contributed by atoms with Gasteiger partial charge in [0.05, 0.1) is 6.42 Å². The quantitative estimate of drug-likeness (QED) is 0.386. The molecular weight excluding hydrogens is 388 g/mol. The fourth-order valence-corrected chi connectivity index (χ4v) is 3.13. The molecule has 0 fully saturated rings. The fraction of sp³-hybridized carbons (Fsp3) is 0.263. The van der Waals surface area contributed by atoms with Gasteiger partial charge in [-0.1, -0.05) is 6.07 Å². The molecule has 29 heavy (non-hydrogen) atoms. The second kappa shape index (κ2) is 7.76. The van der Waals surface area contributed by atoms with E-state index in [2.05, 4.69) is 0 Å². The summed E-state index contributed by atoms with van der Waals surface area (Å²) in [6, 6.07) is 6.14. The van der Waals surface area contributed by atoms with Gasteiger partial charge in [0, 0.05) is 24.1 Å². The van der Waals surface area contributed by atoms with E-state index in [0.29, 0.717) is 5.56 Å². The van der Waals surface area contributed by atoms with Gasteiger partial charge in [-0.05, 0) is 17.7 Å². The third kappa shape index (κ3) is 4.27. The number of phenolic OH excluding ortho intramolecular Hbond substituents is 4. The molecule has 0 amide bonds. The molecule has 6 N–H and O–H groups in total. The minimum Gasteiger partial charge on any atom is -0.508 e. The molecular formula is C19H18O10. The van der Waals surface area contributed by atoms with Crippen LogP contribution in [0.15, 0.2) is 30.3 Å². The summed E-state index contributed by atoms with van der Waals surface area (Å²) in [5.41, 5.74) is 0.546. The average molecular weight is 406 g/mol. The highest BCUT2D eigenvalue weighted by Gasteiger charge is 2.38. The fourth-order valence-electron chi connectivity index (χ4n) is 3.13. The van der Waals surface area contributed by atoms with Crippen LogP contribution in [-0.2, 0) is 20.7 Å². The maximum absolute atomic E-state index is 11.4. The Morgan fingerprint density at radius 2 is 1.76 bits per heavy atom. The molecule has 0 saturated heterocycles. The Balaban J connectivity index is 2.01. The van der Waals surface area contributed by atoms with Gasteiger partial charge in [0.1, 0.15) is 23.4 Å². The molecule has 0 spiro atoms. The summed E-state index contributed by atoms with van der Waals surface area (Å²) in [5.74, 6) is -4.14. The highest BCUT2D eigenvalue weighted by atomic mass is 16.6. The van der Waals surface area contributed by atoms with Crippen molar-refractivity contribution in [2.24, 2.45) is 0 Å². The van der Waals surface area contributed by atoms with Crippen molar-refractivity contribution in [1.29, 1.82) is 0 Å². The Hall–Kier alpha value is -3.66. The molecule has 154 valence electrons. The van der Waals surface area contributed by atoms with Crippen LogP contribution in [0.4, 0.5) is 0 Å². The van der Waals surface area contributed by atoms with Gasteiger partial charge < -0.3 is 40.1 Å². The lowest BCUT2D eigenvalue weighted by Crippen LogP contribution is -2.39. The minimum atomic E-state index is -1.69. The van der Waals surface area contributed by atoms with Crippen molar-refractivity contribution in [1.82, 2.24) is 0 Å². The number of hydrogen-bond donors (Lipinski definition) is 6. The molecule has 0 aromatic heterocycles.